The Morgan fingerprint density at radius 3 is 1.74 bits per heavy atom. The maximum Gasteiger partial charge on any atom is 0.268 e. The van der Waals surface area contributed by atoms with E-state index < -0.39 is 0 Å². The van der Waals surface area contributed by atoms with Crippen molar-refractivity contribution in [3.05, 3.63) is 76.2 Å². The van der Waals surface area contributed by atoms with Crippen molar-refractivity contribution in [1.82, 2.24) is 19.9 Å². The Balaban J connectivity index is 0.000000247. The average molecular weight is 704 g/mol. The third kappa shape index (κ3) is 11.5. The molecule has 4 aromatic rings. The smallest absolute Gasteiger partial charge is 0.268 e. The van der Waals surface area contributed by atoms with Gasteiger partial charge in [-0.3, -0.25) is 5.43 Å². The predicted molar refractivity (Wildman–Crippen MR) is 175 cm³/mol. The molecule has 0 aliphatic heterocycles. The van der Waals surface area contributed by atoms with Gasteiger partial charge in [0, 0.05) is 74.5 Å². The standard InChI is InChI=1S/C14H16BrN5O.C10H15NO.C4H5BrN4/c1-3-20(4-2)11-5-6-12(13(21)7-11)18-19-14-16-8-10(15)9-17-14;1-3-11(4-2)9-6-5-7-10(12)8-9;5-3-1-7-4(9-6)8-2-3/h5-9,21H,3-4H2,1-2H3;5-8,12H,3-4H2,1-2H3;1-2H,6H2,(H,7,8,9). The fourth-order valence-electron chi connectivity index (χ4n) is 3.50. The number of halogens is 2. The van der Waals surface area contributed by atoms with E-state index in [0.29, 0.717) is 17.4 Å². The molecule has 0 aliphatic rings. The van der Waals surface area contributed by atoms with Gasteiger partial charge in [0.1, 0.15) is 17.2 Å². The van der Waals surface area contributed by atoms with Crippen molar-refractivity contribution >= 4 is 60.8 Å². The molecule has 224 valence electrons. The number of nitrogen functional groups attached to an aromatic ring is 1. The first-order chi connectivity index (χ1) is 20.2. The largest absolute Gasteiger partial charge is 0.508 e. The summed E-state index contributed by atoms with van der Waals surface area (Å²) in [5, 5.41) is 27.1. The van der Waals surface area contributed by atoms with Crippen LogP contribution in [-0.2, 0) is 0 Å². The topological polar surface area (TPSA) is 161 Å². The van der Waals surface area contributed by atoms with Gasteiger partial charge in [0.05, 0.1) is 8.95 Å². The van der Waals surface area contributed by atoms with Gasteiger partial charge < -0.3 is 20.0 Å². The van der Waals surface area contributed by atoms with E-state index in [-0.39, 0.29) is 11.7 Å². The molecule has 0 amide bonds. The maximum absolute atomic E-state index is 10.0. The van der Waals surface area contributed by atoms with E-state index in [2.05, 4.69) is 105 Å². The molecule has 0 fully saturated rings. The normalized spacial score (nSPS) is 10.3. The van der Waals surface area contributed by atoms with Crippen LogP contribution in [0.25, 0.3) is 0 Å². The highest BCUT2D eigenvalue weighted by atomic mass is 79.9. The lowest BCUT2D eigenvalue weighted by Gasteiger charge is -2.21. The van der Waals surface area contributed by atoms with Crippen molar-refractivity contribution in [1.29, 1.82) is 0 Å². The summed E-state index contributed by atoms with van der Waals surface area (Å²) in [6, 6.07) is 12.7. The Kier molecular flexibility index (Phi) is 15.1. The Hall–Kier alpha value is -3.88. The van der Waals surface area contributed by atoms with Crippen molar-refractivity contribution in [3.63, 3.8) is 0 Å². The zero-order valence-corrected chi connectivity index (χ0v) is 27.2. The highest BCUT2D eigenvalue weighted by Gasteiger charge is 2.06. The van der Waals surface area contributed by atoms with Gasteiger partial charge in [-0.1, -0.05) is 6.07 Å². The van der Waals surface area contributed by atoms with Crippen LogP contribution < -0.4 is 21.1 Å². The first-order valence-electron chi connectivity index (χ1n) is 13.2. The van der Waals surface area contributed by atoms with Gasteiger partial charge >= 0.3 is 0 Å². The number of phenolic OH excluding ortho intramolecular Hbond substituents is 2. The number of aromatic hydroxyl groups is 2. The van der Waals surface area contributed by atoms with Gasteiger partial charge in [-0.2, -0.15) is 0 Å². The lowest BCUT2D eigenvalue weighted by atomic mass is 10.2. The number of aromatic nitrogens is 4. The molecule has 0 spiro atoms. The molecule has 0 saturated heterocycles. The molecule has 0 aliphatic carbocycles. The lowest BCUT2D eigenvalue weighted by Crippen LogP contribution is -2.21. The second-order valence-electron chi connectivity index (χ2n) is 8.31. The third-order valence-corrected chi connectivity index (χ3v) is 6.47. The number of nitrogens with zero attached hydrogens (tertiary/aromatic N) is 8. The molecule has 12 nitrogen and oxygen atoms in total. The SMILES string of the molecule is CCN(CC)c1ccc(N=Nc2ncc(Br)cn2)c(O)c1.CCN(CC)c1cccc(O)c1.NNc1ncc(Br)cn1. The number of nitrogens with two attached hydrogens (primary N) is 1. The van der Waals surface area contributed by atoms with Crippen molar-refractivity contribution in [2.24, 2.45) is 16.1 Å². The van der Waals surface area contributed by atoms with E-state index in [1.165, 1.54) is 0 Å². The maximum atomic E-state index is 10.0. The summed E-state index contributed by atoms with van der Waals surface area (Å²) >= 11 is 6.43. The molecule has 2 aromatic heterocycles. The number of hydrogen-bond donors (Lipinski definition) is 4. The van der Waals surface area contributed by atoms with Crippen molar-refractivity contribution in [3.8, 4) is 11.5 Å². The quantitative estimate of drug-likeness (QED) is 0.0814. The Bertz CT molecular complexity index is 1370. The predicted octanol–water partition coefficient (Wildman–Crippen LogP) is 6.97. The van der Waals surface area contributed by atoms with Crippen LogP contribution in [0.4, 0.5) is 29.0 Å². The molecule has 2 aromatic carbocycles. The summed E-state index contributed by atoms with van der Waals surface area (Å²) < 4.78 is 1.61. The number of hydrazine groups is 1. The molecule has 0 unspecified atom stereocenters. The van der Waals surface area contributed by atoms with Gasteiger partial charge in [0.2, 0.25) is 5.95 Å². The second-order valence-corrected chi connectivity index (χ2v) is 10.1. The number of hydrogen-bond acceptors (Lipinski definition) is 12. The van der Waals surface area contributed by atoms with Crippen LogP contribution in [0.2, 0.25) is 0 Å². The first-order valence-corrected chi connectivity index (χ1v) is 14.8. The summed E-state index contributed by atoms with van der Waals surface area (Å²) in [6.45, 7) is 12.0. The van der Waals surface area contributed by atoms with Gasteiger partial charge in [0.25, 0.3) is 5.95 Å². The number of azo groups is 1. The minimum Gasteiger partial charge on any atom is -0.508 e. The molecular weight excluding hydrogens is 668 g/mol. The Morgan fingerprint density at radius 2 is 1.26 bits per heavy atom. The van der Waals surface area contributed by atoms with Crippen LogP contribution in [0.5, 0.6) is 11.5 Å². The summed E-state index contributed by atoms with van der Waals surface area (Å²) in [5.74, 6) is 6.08. The summed E-state index contributed by atoms with van der Waals surface area (Å²) in [5.41, 5.74) is 4.74. The number of nitrogens with one attached hydrogen (secondary N) is 1. The Labute approximate surface area is 263 Å². The van der Waals surface area contributed by atoms with Crippen LogP contribution in [0.3, 0.4) is 0 Å². The van der Waals surface area contributed by atoms with E-state index in [9.17, 15) is 10.2 Å². The van der Waals surface area contributed by atoms with Crippen LogP contribution >= 0.6 is 31.9 Å². The van der Waals surface area contributed by atoms with Crippen molar-refractivity contribution in [2.45, 2.75) is 27.7 Å². The fourth-order valence-corrected chi connectivity index (χ4v) is 3.91. The van der Waals surface area contributed by atoms with E-state index in [4.69, 9.17) is 5.84 Å². The first kappa shape index (κ1) is 34.3. The molecule has 0 bridgehead atoms. The van der Waals surface area contributed by atoms with Gasteiger partial charge in [-0.15, -0.1) is 10.2 Å². The van der Waals surface area contributed by atoms with Gasteiger partial charge in [-0.05, 0) is 83.8 Å². The fraction of sp³-hybridized carbons (Fsp3) is 0.286. The molecule has 0 saturated carbocycles. The van der Waals surface area contributed by atoms with Crippen LogP contribution in [0.1, 0.15) is 27.7 Å². The minimum absolute atomic E-state index is 0.0836. The van der Waals surface area contributed by atoms with E-state index >= 15 is 0 Å². The van der Waals surface area contributed by atoms with Crippen molar-refractivity contribution in [2.75, 3.05) is 41.4 Å². The molecule has 5 N–H and O–H groups in total. The monoisotopic (exact) mass is 702 g/mol. The van der Waals surface area contributed by atoms with Crippen LogP contribution in [0.15, 0.2) is 86.4 Å². The summed E-state index contributed by atoms with van der Waals surface area (Å²) in [6.07, 6.45) is 6.40. The molecule has 0 atom stereocenters. The van der Waals surface area contributed by atoms with Gasteiger partial charge in [0.15, 0.2) is 0 Å². The number of benzene rings is 2. The van der Waals surface area contributed by atoms with E-state index in [1.807, 2.05) is 18.2 Å². The summed E-state index contributed by atoms with van der Waals surface area (Å²) in [7, 11) is 0. The number of anilines is 3. The van der Waals surface area contributed by atoms with Crippen LogP contribution in [-0.4, -0.2) is 56.3 Å². The van der Waals surface area contributed by atoms with Crippen molar-refractivity contribution < 1.29 is 10.2 Å². The third-order valence-electron chi connectivity index (χ3n) is 5.65. The summed E-state index contributed by atoms with van der Waals surface area (Å²) in [4.78, 5) is 19.9. The zero-order chi connectivity index (χ0) is 30.9. The van der Waals surface area contributed by atoms with E-state index in [0.717, 1.165) is 46.5 Å². The highest BCUT2D eigenvalue weighted by molar-refractivity contribution is 9.10. The highest BCUT2D eigenvalue weighted by Crippen LogP contribution is 2.32. The molecule has 42 heavy (non-hydrogen) atoms. The minimum atomic E-state index is 0.0836. The van der Waals surface area contributed by atoms with Gasteiger partial charge in [-0.25, -0.2) is 25.8 Å². The number of rotatable bonds is 9. The second kappa shape index (κ2) is 18.5. The molecule has 4 rings (SSSR count). The lowest BCUT2D eigenvalue weighted by molar-refractivity contribution is 0.475. The van der Waals surface area contributed by atoms with Crippen LogP contribution in [0, 0.1) is 0 Å². The Morgan fingerprint density at radius 1 is 0.738 bits per heavy atom. The van der Waals surface area contributed by atoms with E-state index in [1.54, 1.807) is 49.1 Å². The average Bonchev–Trinajstić information content (AvgIpc) is 3.00. The molecular formula is C28H36Br2N10O2. The molecule has 2 heterocycles. The molecule has 0 radical (unpaired) electrons. The molecule has 14 heteroatoms. The zero-order valence-electron chi connectivity index (χ0n) is 24.0. The number of phenols is 2.